The van der Waals surface area contributed by atoms with Crippen molar-refractivity contribution in [1.82, 2.24) is 19.6 Å². The molecule has 4 rings (SSSR count). The molecule has 0 bridgehead atoms. The van der Waals surface area contributed by atoms with E-state index in [9.17, 15) is 0 Å². The summed E-state index contributed by atoms with van der Waals surface area (Å²) in [5, 5.41) is 4.22. The molecule has 3 heterocycles. The molecule has 0 fully saturated rings. The highest BCUT2D eigenvalue weighted by Gasteiger charge is 2.08. The van der Waals surface area contributed by atoms with Gasteiger partial charge in [-0.15, -0.1) is 0 Å². The second-order valence-electron chi connectivity index (χ2n) is 4.64. The standard InChI is InChI=1S/C14H11N5O/c1-8-7-16-19-5-4-10(17-13(8)19)9-2-3-12-11(6-9)18-14(15)20-12/h2-7H,1H3,(H2,15,18). The molecule has 0 aliphatic carbocycles. The third-order valence-corrected chi connectivity index (χ3v) is 3.25. The van der Waals surface area contributed by atoms with E-state index in [0.717, 1.165) is 28.0 Å². The molecule has 4 aromatic rings. The molecule has 3 aromatic heterocycles. The molecule has 0 aliphatic heterocycles. The Morgan fingerprint density at radius 1 is 1.20 bits per heavy atom. The minimum absolute atomic E-state index is 0.173. The van der Waals surface area contributed by atoms with Crippen LogP contribution in [0, 0.1) is 6.92 Å². The zero-order valence-electron chi connectivity index (χ0n) is 10.7. The maximum absolute atomic E-state index is 5.55. The molecular weight excluding hydrogens is 254 g/mol. The van der Waals surface area contributed by atoms with Crippen molar-refractivity contribution in [1.29, 1.82) is 0 Å². The first-order valence-corrected chi connectivity index (χ1v) is 6.18. The molecule has 0 unspecified atom stereocenters. The molecule has 1 aromatic carbocycles. The van der Waals surface area contributed by atoms with Crippen LogP contribution in [0.3, 0.4) is 0 Å². The summed E-state index contributed by atoms with van der Waals surface area (Å²) in [6.07, 6.45) is 3.69. The van der Waals surface area contributed by atoms with Crippen LogP contribution in [0.4, 0.5) is 6.01 Å². The topological polar surface area (TPSA) is 82.2 Å². The van der Waals surface area contributed by atoms with E-state index in [0.29, 0.717) is 5.58 Å². The third kappa shape index (κ3) is 1.55. The number of anilines is 1. The second-order valence-corrected chi connectivity index (χ2v) is 4.64. The van der Waals surface area contributed by atoms with E-state index in [4.69, 9.17) is 10.2 Å². The van der Waals surface area contributed by atoms with Crippen LogP contribution in [-0.2, 0) is 0 Å². The summed E-state index contributed by atoms with van der Waals surface area (Å²) in [7, 11) is 0. The van der Waals surface area contributed by atoms with Crippen molar-refractivity contribution in [3.05, 3.63) is 42.2 Å². The van der Waals surface area contributed by atoms with E-state index < -0.39 is 0 Å². The summed E-state index contributed by atoms with van der Waals surface area (Å²) >= 11 is 0. The molecule has 6 heteroatoms. The lowest BCUT2D eigenvalue weighted by atomic mass is 10.1. The Kier molecular flexibility index (Phi) is 2.09. The van der Waals surface area contributed by atoms with Gasteiger partial charge in [0.05, 0.1) is 11.9 Å². The maximum Gasteiger partial charge on any atom is 0.292 e. The Balaban J connectivity index is 1.92. The van der Waals surface area contributed by atoms with Gasteiger partial charge in [0, 0.05) is 17.3 Å². The summed E-state index contributed by atoms with van der Waals surface area (Å²) in [5.41, 5.74) is 10.7. The fraction of sp³-hybridized carbons (Fsp3) is 0.0714. The molecule has 0 spiro atoms. The predicted octanol–water partition coefficient (Wildman–Crippen LogP) is 2.43. The monoisotopic (exact) mass is 265 g/mol. The highest BCUT2D eigenvalue weighted by atomic mass is 16.4. The summed E-state index contributed by atoms with van der Waals surface area (Å²) in [6.45, 7) is 1.99. The molecule has 0 atom stereocenters. The van der Waals surface area contributed by atoms with Crippen LogP contribution in [0.5, 0.6) is 0 Å². The van der Waals surface area contributed by atoms with Crippen molar-refractivity contribution >= 4 is 22.8 Å². The molecule has 0 amide bonds. The molecule has 6 nitrogen and oxygen atoms in total. The average molecular weight is 265 g/mol. The van der Waals surface area contributed by atoms with Gasteiger partial charge in [-0.2, -0.15) is 10.1 Å². The highest BCUT2D eigenvalue weighted by Crippen LogP contribution is 2.24. The van der Waals surface area contributed by atoms with Crippen molar-refractivity contribution in [3.63, 3.8) is 0 Å². The van der Waals surface area contributed by atoms with Crippen LogP contribution in [0.2, 0.25) is 0 Å². The zero-order valence-corrected chi connectivity index (χ0v) is 10.7. The van der Waals surface area contributed by atoms with E-state index in [-0.39, 0.29) is 6.01 Å². The summed E-state index contributed by atoms with van der Waals surface area (Å²) < 4.78 is 7.02. The Bertz CT molecular complexity index is 937. The smallest absolute Gasteiger partial charge is 0.292 e. The van der Waals surface area contributed by atoms with Gasteiger partial charge in [-0.05, 0) is 31.2 Å². The van der Waals surface area contributed by atoms with Gasteiger partial charge in [0.25, 0.3) is 6.01 Å². The van der Waals surface area contributed by atoms with Gasteiger partial charge >= 0.3 is 0 Å². The first kappa shape index (κ1) is 11.0. The number of nitrogens with two attached hydrogens (primary N) is 1. The quantitative estimate of drug-likeness (QED) is 0.571. The number of nitrogens with zero attached hydrogens (tertiary/aromatic N) is 4. The first-order valence-electron chi connectivity index (χ1n) is 6.18. The number of aromatic nitrogens is 4. The summed E-state index contributed by atoms with van der Waals surface area (Å²) in [4.78, 5) is 8.76. The van der Waals surface area contributed by atoms with Crippen LogP contribution in [-0.4, -0.2) is 19.6 Å². The summed E-state index contributed by atoms with van der Waals surface area (Å²) in [5.74, 6) is 0. The van der Waals surface area contributed by atoms with Gasteiger partial charge in [0.15, 0.2) is 11.2 Å². The van der Waals surface area contributed by atoms with E-state index in [1.165, 1.54) is 0 Å². The van der Waals surface area contributed by atoms with Gasteiger partial charge in [-0.3, -0.25) is 0 Å². The van der Waals surface area contributed by atoms with Crippen LogP contribution >= 0.6 is 0 Å². The third-order valence-electron chi connectivity index (χ3n) is 3.25. The number of rotatable bonds is 1. The summed E-state index contributed by atoms with van der Waals surface area (Å²) in [6, 6.07) is 7.80. The van der Waals surface area contributed by atoms with E-state index in [1.54, 1.807) is 10.7 Å². The lowest BCUT2D eigenvalue weighted by molar-refractivity contribution is 0.626. The minimum Gasteiger partial charge on any atom is -0.424 e. The number of hydrogen-bond acceptors (Lipinski definition) is 5. The van der Waals surface area contributed by atoms with Crippen molar-refractivity contribution in [3.8, 4) is 11.3 Å². The molecule has 0 saturated carbocycles. The van der Waals surface area contributed by atoms with Gasteiger partial charge < -0.3 is 10.2 Å². The Morgan fingerprint density at radius 2 is 2.10 bits per heavy atom. The fourth-order valence-corrected chi connectivity index (χ4v) is 2.25. The maximum atomic E-state index is 5.55. The lowest BCUT2D eigenvalue weighted by Gasteiger charge is -2.01. The van der Waals surface area contributed by atoms with Gasteiger partial charge in [0.1, 0.15) is 5.52 Å². The number of hydrogen-bond donors (Lipinski definition) is 1. The molecule has 20 heavy (non-hydrogen) atoms. The molecule has 98 valence electrons. The SMILES string of the molecule is Cc1cnn2ccc(-c3ccc4oc(N)nc4c3)nc12. The van der Waals surface area contributed by atoms with Crippen LogP contribution < -0.4 is 5.73 Å². The van der Waals surface area contributed by atoms with E-state index in [2.05, 4.69) is 15.1 Å². The Labute approximate surface area is 113 Å². The largest absolute Gasteiger partial charge is 0.424 e. The number of fused-ring (bicyclic) bond motifs is 2. The Morgan fingerprint density at radius 3 is 3.00 bits per heavy atom. The number of benzene rings is 1. The zero-order chi connectivity index (χ0) is 13.7. The van der Waals surface area contributed by atoms with Gasteiger partial charge in [0.2, 0.25) is 0 Å². The second kappa shape index (κ2) is 3.80. The predicted molar refractivity (Wildman–Crippen MR) is 75.1 cm³/mol. The van der Waals surface area contributed by atoms with Gasteiger partial charge in [-0.1, -0.05) is 0 Å². The number of aryl methyl sites for hydroxylation is 1. The first-order chi connectivity index (χ1) is 9.70. The molecule has 0 saturated heterocycles. The number of oxazole rings is 1. The van der Waals surface area contributed by atoms with Crippen LogP contribution in [0.1, 0.15) is 5.56 Å². The van der Waals surface area contributed by atoms with E-state index in [1.807, 2.05) is 37.4 Å². The van der Waals surface area contributed by atoms with Crippen LogP contribution in [0.15, 0.2) is 41.1 Å². The van der Waals surface area contributed by atoms with Crippen molar-refractivity contribution in [2.45, 2.75) is 6.92 Å². The van der Waals surface area contributed by atoms with Crippen molar-refractivity contribution in [2.75, 3.05) is 5.73 Å². The molecule has 0 radical (unpaired) electrons. The average Bonchev–Trinajstić information content (AvgIpc) is 3.00. The highest BCUT2D eigenvalue weighted by molar-refractivity contribution is 5.80. The van der Waals surface area contributed by atoms with E-state index >= 15 is 0 Å². The fourth-order valence-electron chi connectivity index (χ4n) is 2.25. The normalized spacial score (nSPS) is 11.4. The van der Waals surface area contributed by atoms with Gasteiger partial charge in [-0.25, -0.2) is 9.50 Å². The molecule has 2 N–H and O–H groups in total. The minimum atomic E-state index is 0.173. The van der Waals surface area contributed by atoms with Crippen LogP contribution in [0.25, 0.3) is 28.0 Å². The molecular formula is C14H11N5O. The van der Waals surface area contributed by atoms with Crippen molar-refractivity contribution in [2.24, 2.45) is 0 Å². The lowest BCUT2D eigenvalue weighted by Crippen LogP contribution is -1.92. The van der Waals surface area contributed by atoms with Crippen molar-refractivity contribution < 1.29 is 4.42 Å². The number of nitrogen functional groups attached to an aromatic ring is 1. The molecule has 0 aliphatic rings. The Hall–Kier alpha value is -2.89.